The minimum atomic E-state index is -0.0346. The predicted octanol–water partition coefficient (Wildman–Crippen LogP) is 4.17. The van der Waals surface area contributed by atoms with Gasteiger partial charge in [-0.15, -0.1) is 0 Å². The van der Waals surface area contributed by atoms with Crippen LogP contribution in [0.15, 0.2) is 78.9 Å². The highest BCUT2D eigenvalue weighted by Crippen LogP contribution is 2.18. The van der Waals surface area contributed by atoms with Gasteiger partial charge in [0.05, 0.1) is 0 Å². The Kier molecular flexibility index (Phi) is 6.32. The third-order valence-electron chi connectivity index (χ3n) is 5.48. The molecular formula is C26H26N2O3. The van der Waals surface area contributed by atoms with Crippen molar-refractivity contribution in [3.8, 4) is 5.75 Å². The van der Waals surface area contributed by atoms with E-state index in [1.54, 1.807) is 11.0 Å². The molecule has 0 bridgehead atoms. The summed E-state index contributed by atoms with van der Waals surface area (Å²) in [6.45, 7) is 4.56. The van der Waals surface area contributed by atoms with Crippen molar-refractivity contribution in [3.63, 3.8) is 0 Å². The van der Waals surface area contributed by atoms with E-state index in [-0.39, 0.29) is 11.8 Å². The van der Waals surface area contributed by atoms with Crippen LogP contribution in [0.2, 0.25) is 0 Å². The van der Waals surface area contributed by atoms with Gasteiger partial charge in [-0.05, 0) is 42.8 Å². The Morgan fingerprint density at radius 2 is 1.35 bits per heavy atom. The third-order valence-corrected chi connectivity index (χ3v) is 5.48. The number of hydrogen-bond donors (Lipinski definition) is 0. The maximum Gasteiger partial charge on any atom is 0.254 e. The smallest absolute Gasteiger partial charge is 0.254 e. The molecule has 2 amide bonds. The van der Waals surface area contributed by atoms with Gasteiger partial charge >= 0.3 is 0 Å². The molecule has 0 saturated carbocycles. The number of rotatable bonds is 5. The number of hydrogen-bond acceptors (Lipinski definition) is 3. The number of piperazine rings is 1. The van der Waals surface area contributed by atoms with Crippen LogP contribution in [0.5, 0.6) is 5.75 Å². The second kappa shape index (κ2) is 9.47. The summed E-state index contributed by atoms with van der Waals surface area (Å²) >= 11 is 0. The van der Waals surface area contributed by atoms with Gasteiger partial charge in [-0.25, -0.2) is 0 Å². The summed E-state index contributed by atoms with van der Waals surface area (Å²) in [6, 6.07) is 24.8. The van der Waals surface area contributed by atoms with Gasteiger partial charge in [0.2, 0.25) is 0 Å². The lowest BCUT2D eigenvalue weighted by Gasteiger charge is -2.35. The zero-order chi connectivity index (χ0) is 21.6. The lowest BCUT2D eigenvalue weighted by Crippen LogP contribution is -2.50. The highest BCUT2D eigenvalue weighted by molar-refractivity contribution is 5.96. The minimum absolute atomic E-state index is 0.0170. The van der Waals surface area contributed by atoms with Crippen molar-refractivity contribution in [1.82, 2.24) is 9.80 Å². The number of amides is 2. The van der Waals surface area contributed by atoms with Crippen molar-refractivity contribution in [2.24, 2.45) is 0 Å². The largest absolute Gasteiger partial charge is 0.489 e. The molecule has 3 aromatic carbocycles. The molecule has 0 radical (unpaired) electrons. The fraction of sp³-hybridized carbons (Fsp3) is 0.231. The number of carbonyl (C=O) groups excluding carboxylic acids is 2. The molecule has 4 rings (SSSR count). The van der Waals surface area contributed by atoms with Crippen LogP contribution < -0.4 is 4.74 Å². The van der Waals surface area contributed by atoms with Crippen molar-refractivity contribution in [1.29, 1.82) is 0 Å². The number of nitrogens with zero attached hydrogens (tertiary/aromatic N) is 2. The number of ether oxygens (including phenoxy) is 1. The lowest BCUT2D eigenvalue weighted by atomic mass is 10.1. The highest BCUT2D eigenvalue weighted by Gasteiger charge is 2.25. The SMILES string of the molecule is Cc1ccc(C(=O)N2CCN(C(=O)c3cccc(OCc4ccccc4)c3)CC2)cc1. The maximum atomic E-state index is 13.0. The fourth-order valence-corrected chi connectivity index (χ4v) is 3.63. The first-order valence-corrected chi connectivity index (χ1v) is 10.5. The molecule has 0 spiro atoms. The zero-order valence-corrected chi connectivity index (χ0v) is 17.7. The van der Waals surface area contributed by atoms with E-state index in [9.17, 15) is 9.59 Å². The van der Waals surface area contributed by atoms with E-state index in [4.69, 9.17) is 4.74 Å². The molecule has 0 atom stereocenters. The molecule has 0 aromatic heterocycles. The Hall–Kier alpha value is -3.60. The molecule has 1 aliphatic heterocycles. The van der Waals surface area contributed by atoms with Gasteiger partial charge in [-0.1, -0.05) is 54.1 Å². The Balaban J connectivity index is 1.34. The zero-order valence-electron chi connectivity index (χ0n) is 17.7. The molecule has 5 nitrogen and oxygen atoms in total. The van der Waals surface area contributed by atoms with Crippen LogP contribution >= 0.6 is 0 Å². The molecule has 1 saturated heterocycles. The number of benzene rings is 3. The summed E-state index contributed by atoms with van der Waals surface area (Å²) < 4.78 is 5.85. The van der Waals surface area contributed by atoms with E-state index in [0.29, 0.717) is 49.7 Å². The molecule has 0 unspecified atom stereocenters. The minimum Gasteiger partial charge on any atom is -0.489 e. The van der Waals surface area contributed by atoms with Gasteiger partial charge in [-0.2, -0.15) is 0 Å². The summed E-state index contributed by atoms with van der Waals surface area (Å²) in [6.07, 6.45) is 0. The van der Waals surface area contributed by atoms with E-state index in [2.05, 4.69) is 0 Å². The van der Waals surface area contributed by atoms with Crippen LogP contribution in [0.25, 0.3) is 0 Å². The summed E-state index contributed by atoms with van der Waals surface area (Å²) in [5.41, 5.74) is 3.49. The quantitative estimate of drug-likeness (QED) is 0.630. The molecular weight excluding hydrogens is 388 g/mol. The molecule has 1 aliphatic rings. The van der Waals surface area contributed by atoms with Gasteiger partial charge in [-0.3, -0.25) is 9.59 Å². The normalized spacial score (nSPS) is 13.7. The van der Waals surface area contributed by atoms with Gasteiger partial charge in [0, 0.05) is 37.3 Å². The first-order chi connectivity index (χ1) is 15.1. The van der Waals surface area contributed by atoms with Gasteiger partial charge in [0.25, 0.3) is 11.8 Å². The monoisotopic (exact) mass is 414 g/mol. The summed E-state index contributed by atoms with van der Waals surface area (Å²) in [5, 5.41) is 0. The fourth-order valence-electron chi connectivity index (χ4n) is 3.63. The molecule has 3 aromatic rings. The Morgan fingerprint density at radius 3 is 2.00 bits per heavy atom. The third kappa shape index (κ3) is 5.12. The topological polar surface area (TPSA) is 49.9 Å². The Morgan fingerprint density at radius 1 is 0.742 bits per heavy atom. The molecule has 0 aliphatic carbocycles. The van der Waals surface area contributed by atoms with Crippen molar-refractivity contribution in [2.45, 2.75) is 13.5 Å². The molecule has 158 valence electrons. The average Bonchev–Trinajstić information content (AvgIpc) is 2.83. The van der Waals surface area contributed by atoms with Crippen LogP contribution in [-0.2, 0) is 6.61 Å². The number of carbonyl (C=O) groups is 2. The van der Waals surface area contributed by atoms with Gasteiger partial charge in [0.1, 0.15) is 12.4 Å². The molecule has 31 heavy (non-hydrogen) atoms. The van der Waals surface area contributed by atoms with E-state index in [0.717, 1.165) is 11.1 Å². The van der Waals surface area contributed by atoms with Crippen LogP contribution in [0.3, 0.4) is 0 Å². The molecule has 0 N–H and O–H groups in total. The highest BCUT2D eigenvalue weighted by atomic mass is 16.5. The second-order valence-corrected chi connectivity index (χ2v) is 7.75. The van der Waals surface area contributed by atoms with E-state index >= 15 is 0 Å². The molecule has 1 heterocycles. The number of aryl methyl sites for hydroxylation is 1. The molecule has 5 heteroatoms. The summed E-state index contributed by atoms with van der Waals surface area (Å²) in [7, 11) is 0. The van der Waals surface area contributed by atoms with Gasteiger partial charge in [0.15, 0.2) is 0 Å². The average molecular weight is 415 g/mol. The second-order valence-electron chi connectivity index (χ2n) is 7.75. The predicted molar refractivity (Wildman–Crippen MR) is 120 cm³/mol. The van der Waals surface area contributed by atoms with E-state index in [1.165, 1.54) is 0 Å². The summed E-state index contributed by atoms with van der Waals surface area (Å²) in [5.74, 6) is 0.652. The van der Waals surface area contributed by atoms with Crippen molar-refractivity contribution >= 4 is 11.8 Å². The van der Waals surface area contributed by atoms with Crippen LogP contribution in [0.4, 0.5) is 0 Å². The van der Waals surface area contributed by atoms with E-state index in [1.807, 2.05) is 84.6 Å². The van der Waals surface area contributed by atoms with E-state index < -0.39 is 0 Å². The van der Waals surface area contributed by atoms with Crippen LogP contribution in [0, 0.1) is 6.92 Å². The summed E-state index contributed by atoms with van der Waals surface area (Å²) in [4.78, 5) is 29.3. The molecule has 1 fully saturated rings. The van der Waals surface area contributed by atoms with Gasteiger partial charge < -0.3 is 14.5 Å². The standard InChI is InChI=1S/C26H26N2O3/c1-20-10-12-22(13-11-20)25(29)27-14-16-28(17-15-27)26(30)23-8-5-9-24(18-23)31-19-21-6-3-2-4-7-21/h2-13,18H,14-17,19H2,1H3. The van der Waals surface area contributed by atoms with Crippen molar-refractivity contribution in [3.05, 3.63) is 101 Å². The maximum absolute atomic E-state index is 13.0. The lowest BCUT2D eigenvalue weighted by molar-refractivity contribution is 0.0535. The van der Waals surface area contributed by atoms with Crippen molar-refractivity contribution < 1.29 is 14.3 Å². The van der Waals surface area contributed by atoms with Crippen LogP contribution in [0.1, 0.15) is 31.8 Å². The first-order valence-electron chi connectivity index (χ1n) is 10.5. The Labute approximate surface area is 182 Å². The Bertz CT molecular complexity index is 1040. The van der Waals surface area contributed by atoms with Crippen molar-refractivity contribution in [2.75, 3.05) is 26.2 Å². The van der Waals surface area contributed by atoms with Crippen LogP contribution in [-0.4, -0.2) is 47.8 Å². The first kappa shape index (κ1) is 20.7.